The van der Waals surface area contributed by atoms with Crippen molar-refractivity contribution < 1.29 is 28.5 Å². The number of hydrogen-bond acceptors (Lipinski definition) is 10. The zero-order valence-corrected chi connectivity index (χ0v) is 29.4. The summed E-state index contributed by atoms with van der Waals surface area (Å²) in [5.74, 6) is -0.218. The van der Waals surface area contributed by atoms with Gasteiger partial charge in [-0.1, -0.05) is 53.8 Å². The van der Waals surface area contributed by atoms with Crippen molar-refractivity contribution in [2.24, 2.45) is 4.99 Å². The molecule has 0 unspecified atom stereocenters. The summed E-state index contributed by atoms with van der Waals surface area (Å²) in [6.07, 6.45) is 3.75. The van der Waals surface area contributed by atoms with Crippen LogP contribution >= 0.6 is 45.7 Å². The highest BCUT2D eigenvalue weighted by Gasteiger charge is 2.35. The fourth-order valence-electron chi connectivity index (χ4n) is 4.99. The minimum Gasteiger partial charge on any atom is -0.493 e. The molecule has 0 amide bonds. The molecule has 0 saturated carbocycles. The van der Waals surface area contributed by atoms with Gasteiger partial charge < -0.3 is 18.9 Å². The number of halogens is 1. The van der Waals surface area contributed by atoms with Crippen LogP contribution in [0.4, 0.5) is 0 Å². The van der Waals surface area contributed by atoms with Gasteiger partial charge in [0.2, 0.25) is 0 Å². The zero-order chi connectivity index (χ0) is 32.8. The molecule has 0 aliphatic carbocycles. The fraction of sp³-hybridized carbons (Fsp3) is 0.235. The van der Waals surface area contributed by atoms with Gasteiger partial charge in [0.1, 0.15) is 0 Å². The second kappa shape index (κ2) is 15.1. The van der Waals surface area contributed by atoms with Crippen LogP contribution in [0.1, 0.15) is 36.6 Å². The Labute approximate surface area is 287 Å². The van der Waals surface area contributed by atoms with Gasteiger partial charge in [-0.15, -0.1) is 11.8 Å². The average Bonchev–Trinajstić information content (AvgIpc) is 3.37. The van der Waals surface area contributed by atoms with Crippen LogP contribution in [0, 0.1) is 3.57 Å². The van der Waals surface area contributed by atoms with E-state index in [9.17, 15) is 14.4 Å². The van der Waals surface area contributed by atoms with Crippen molar-refractivity contribution in [1.29, 1.82) is 0 Å². The van der Waals surface area contributed by atoms with Gasteiger partial charge in [0, 0.05) is 10.5 Å². The molecular formula is C34H31IN2O7S2. The number of fused-ring (bicyclic) bond motifs is 1. The third-order valence-electron chi connectivity index (χ3n) is 6.99. The number of ether oxygens (including phenoxy) is 4. The van der Waals surface area contributed by atoms with Gasteiger partial charge in [-0.2, -0.15) is 0 Å². The second-order valence-corrected chi connectivity index (χ2v) is 12.9. The third-order valence-corrected chi connectivity index (χ3v) is 9.52. The molecular weight excluding hydrogens is 739 g/mol. The lowest BCUT2D eigenvalue weighted by Crippen LogP contribution is -2.40. The number of hydrogen-bond donors (Lipinski definition) is 0. The lowest BCUT2D eigenvalue weighted by atomic mass is 9.93. The fourth-order valence-corrected chi connectivity index (χ4v) is 7.18. The Hall–Kier alpha value is -3.88. The molecule has 1 aliphatic heterocycles. The Morgan fingerprint density at radius 1 is 1.04 bits per heavy atom. The van der Waals surface area contributed by atoms with Gasteiger partial charge in [-0.3, -0.25) is 9.36 Å². The molecule has 238 valence electrons. The molecule has 1 aliphatic rings. The molecule has 0 bridgehead atoms. The highest BCUT2D eigenvalue weighted by atomic mass is 127. The van der Waals surface area contributed by atoms with Gasteiger partial charge >= 0.3 is 11.9 Å². The quantitative estimate of drug-likeness (QED) is 0.116. The van der Waals surface area contributed by atoms with Crippen molar-refractivity contribution in [2.75, 3.05) is 33.2 Å². The van der Waals surface area contributed by atoms with E-state index in [1.54, 1.807) is 42.3 Å². The zero-order valence-electron chi connectivity index (χ0n) is 25.6. The first-order chi connectivity index (χ1) is 22.3. The highest BCUT2D eigenvalue weighted by molar-refractivity contribution is 14.1. The van der Waals surface area contributed by atoms with E-state index >= 15 is 0 Å². The Morgan fingerprint density at radius 3 is 2.41 bits per heavy atom. The number of carbonyl (C=O) groups is 2. The number of carbonyl (C=O) groups excluding carboxylic acids is 2. The standard InChI is InChI=1S/C34H31IN2O7S2/c1-5-42-27(38)19-44-31-24(35)16-20(17-25(31)41-3)18-26-32(39)37-30(22-12-14-23(45-4)15-13-22)28(33(40)43-6-2)29(36-34(37)46-26)21-10-8-7-9-11-21/h7-18,30H,5-6,19H2,1-4H3/b26-18-/t30-/m1/s1. The average molecular weight is 771 g/mol. The summed E-state index contributed by atoms with van der Waals surface area (Å²) in [6.45, 7) is 3.64. The molecule has 0 N–H and O–H groups in total. The summed E-state index contributed by atoms with van der Waals surface area (Å²) < 4.78 is 24.5. The SMILES string of the molecule is CCOC(=O)COc1c(I)cc(/C=c2\sc3n(c2=O)[C@H](c2ccc(SC)cc2)C(C(=O)OCC)=C(c2ccccc2)N=3)cc1OC. The van der Waals surface area contributed by atoms with Crippen LogP contribution < -0.4 is 24.4 Å². The summed E-state index contributed by atoms with van der Waals surface area (Å²) in [7, 11) is 1.50. The first-order valence-electron chi connectivity index (χ1n) is 14.4. The summed E-state index contributed by atoms with van der Waals surface area (Å²) in [6, 6.07) is 20.1. The monoisotopic (exact) mass is 770 g/mol. The van der Waals surface area contributed by atoms with Crippen LogP contribution in [-0.2, 0) is 19.1 Å². The number of thiazole rings is 1. The molecule has 0 spiro atoms. The number of rotatable bonds is 11. The van der Waals surface area contributed by atoms with Crippen LogP contribution in [-0.4, -0.2) is 49.7 Å². The minimum atomic E-state index is -0.767. The van der Waals surface area contributed by atoms with Crippen molar-refractivity contribution in [2.45, 2.75) is 24.8 Å². The molecule has 2 heterocycles. The Balaban J connectivity index is 1.69. The number of thioether (sulfide) groups is 1. The predicted octanol–water partition coefficient (Wildman–Crippen LogP) is 5.21. The first-order valence-corrected chi connectivity index (χ1v) is 17.5. The molecule has 0 saturated heterocycles. The molecule has 3 aromatic carbocycles. The first kappa shape index (κ1) is 33.5. The Bertz CT molecular complexity index is 1970. The summed E-state index contributed by atoms with van der Waals surface area (Å²) in [5.41, 5.74) is 2.65. The number of nitrogens with zero attached hydrogens (tertiary/aromatic N) is 2. The number of esters is 2. The molecule has 1 aromatic heterocycles. The van der Waals surface area contributed by atoms with Crippen molar-refractivity contribution in [3.63, 3.8) is 0 Å². The molecule has 0 radical (unpaired) electrons. The lowest BCUT2D eigenvalue weighted by molar-refractivity contribution is -0.145. The van der Waals surface area contributed by atoms with Gasteiger partial charge in [-0.05, 0) is 84.2 Å². The van der Waals surface area contributed by atoms with Crippen molar-refractivity contribution in [3.05, 3.63) is 112 Å². The van der Waals surface area contributed by atoms with Crippen LogP contribution in [0.5, 0.6) is 11.5 Å². The topological polar surface area (TPSA) is 105 Å². The van der Waals surface area contributed by atoms with Gasteiger partial charge in [-0.25, -0.2) is 14.6 Å². The summed E-state index contributed by atoms with van der Waals surface area (Å²) >= 11 is 4.94. The molecule has 12 heteroatoms. The number of benzene rings is 3. The number of aromatic nitrogens is 1. The Morgan fingerprint density at radius 2 is 1.76 bits per heavy atom. The van der Waals surface area contributed by atoms with E-state index in [0.29, 0.717) is 41.2 Å². The van der Waals surface area contributed by atoms with Crippen molar-refractivity contribution in [1.82, 2.24) is 4.57 Å². The molecule has 0 fully saturated rings. The molecule has 46 heavy (non-hydrogen) atoms. The van der Waals surface area contributed by atoms with Crippen molar-refractivity contribution >= 4 is 69.4 Å². The third kappa shape index (κ3) is 7.08. The highest BCUT2D eigenvalue weighted by Crippen LogP contribution is 2.36. The van der Waals surface area contributed by atoms with Crippen LogP contribution in [0.3, 0.4) is 0 Å². The van der Waals surface area contributed by atoms with Crippen LogP contribution in [0.15, 0.2) is 87.0 Å². The molecule has 5 rings (SSSR count). The maximum atomic E-state index is 14.2. The second-order valence-electron chi connectivity index (χ2n) is 9.83. The lowest BCUT2D eigenvalue weighted by Gasteiger charge is -2.26. The van der Waals surface area contributed by atoms with E-state index in [0.717, 1.165) is 16.0 Å². The smallest absolute Gasteiger partial charge is 0.344 e. The van der Waals surface area contributed by atoms with Crippen molar-refractivity contribution in [3.8, 4) is 11.5 Å². The van der Waals surface area contributed by atoms with Gasteiger partial charge in [0.25, 0.3) is 5.56 Å². The van der Waals surface area contributed by atoms with Crippen LogP contribution in [0.25, 0.3) is 11.8 Å². The van der Waals surface area contributed by atoms with E-state index in [4.69, 9.17) is 23.9 Å². The van der Waals surface area contributed by atoms with E-state index in [2.05, 4.69) is 22.6 Å². The molecule has 1 atom stereocenters. The van der Waals surface area contributed by atoms with E-state index in [1.807, 2.05) is 66.9 Å². The maximum absolute atomic E-state index is 14.2. The molecule has 9 nitrogen and oxygen atoms in total. The van der Waals surface area contributed by atoms with E-state index < -0.39 is 18.0 Å². The van der Waals surface area contributed by atoms with E-state index in [1.165, 1.54) is 18.4 Å². The van der Waals surface area contributed by atoms with Gasteiger partial charge in [0.15, 0.2) is 22.9 Å². The normalized spacial score (nSPS) is 14.4. The van der Waals surface area contributed by atoms with Gasteiger partial charge in [0.05, 0.1) is 45.7 Å². The largest absolute Gasteiger partial charge is 0.493 e. The van der Waals surface area contributed by atoms with E-state index in [-0.39, 0.29) is 25.4 Å². The number of methoxy groups -OCH3 is 1. The minimum absolute atomic E-state index is 0.174. The summed E-state index contributed by atoms with van der Waals surface area (Å²) in [5, 5.41) is 0. The Kier molecular flexibility index (Phi) is 11.0. The summed E-state index contributed by atoms with van der Waals surface area (Å²) in [4.78, 5) is 46.2. The maximum Gasteiger partial charge on any atom is 0.344 e. The predicted molar refractivity (Wildman–Crippen MR) is 187 cm³/mol. The molecule has 4 aromatic rings. The van der Waals surface area contributed by atoms with Crippen LogP contribution in [0.2, 0.25) is 0 Å².